The summed E-state index contributed by atoms with van der Waals surface area (Å²) in [6.45, 7) is 12.7. The molecule has 1 atom stereocenters. The summed E-state index contributed by atoms with van der Waals surface area (Å²) in [5.41, 5.74) is 0.918. The van der Waals surface area contributed by atoms with Gasteiger partial charge in [0.15, 0.2) is 5.17 Å². The van der Waals surface area contributed by atoms with Crippen LogP contribution in [0.2, 0.25) is 0 Å². The molecule has 1 heterocycles. The van der Waals surface area contributed by atoms with Crippen molar-refractivity contribution in [1.29, 1.82) is 0 Å². The van der Waals surface area contributed by atoms with Crippen LogP contribution < -0.4 is 5.32 Å². The first-order valence-corrected chi connectivity index (χ1v) is 7.82. The lowest BCUT2D eigenvalue weighted by atomic mass is 10.0. The highest BCUT2D eigenvalue weighted by atomic mass is 32.2. The van der Waals surface area contributed by atoms with Crippen LogP contribution in [0.5, 0.6) is 0 Å². The Labute approximate surface area is 110 Å². The molecule has 1 saturated carbocycles. The smallest absolute Gasteiger partial charge is 0.156 e. The molecule has 17 heavy (non-hydrogen) atoms. The summed E-state index contributed by atoms with van der Waals surface area (Å²) < 4.78 is 0. The lowest BCUT2D eigenvalue weighted by Crippen LogP contribution is -2.37. The SMILES string of the molecule is CCC1CCSC(=NCC2C(C)(C)C2(C)C)N1. The van der Waals surface area contributed by atoms with Crippen LogP contribution in [0.15, 0.2) is 4.99 Å². The van der Waals surface area contributed by atoms with Gasteiger partial charge in [-0.1, -0.05) is 46.4 Å². The molecule has 3 heteroatoms. The zero-order chi connectivity index (χ0) is 12.7. The van der Waals surface area contributed by atoms with Gasteiger partial charge in [-0.2, -0.15) is 0 Å². The quantitative estimate of drug-likeness (QED) is 0.833. The van der Waals surface area contributed by atoms with Crippen LogP contribution >= 0.6 is 11.8 Å². The third kappa shape index (κ3) is 2.35. The molecule has 1 aliphatic carbocycles. The maximum absolute atomic E-state index is 4.80. The number of rotatable bonds is 3. The summed E-state index contributed by atoms with van der Waals surface area (Å²) in [4.78, 5) is 4.80. The minimum atomic E-state index is 0.459. The van der Waals surface area contributed by atoms with Gasteiger partial charge >= 0.3 is 0 Å². The average Bonchev–Trinajstić information content (AvgIpc) is 2.67. The van der Waals surface area contributed by atoms with Crippen LogP contribution in [0.25, 0.3) is 0 Å². The molecule has 1 N–H and O–H groups in total. The number of amidine groups is 1. The first kappa shape index (κ1) is 13.3. The Kier molecular flexibility index (Phi) is 3.50. The number of nitrogens with one attached hydrogen (secondary N) is 1. The van der Waals surface area contributed by atoms with Crippen LogP contribution in [0.4, 0.5) is 0 Å². The number of hydrogen-bond acceptors (Lipinski definition) is 2. The van der Waals surface area contributed by atoms with Gasteiger partial charge in [-0.25, -0.2) is 0 Å². The van der Waals surface area contributed by atoms with Crippen molar-refractivity contribution in [2.45, 2.75) is 53.5 Å². The zero-order valence-corrected chi connectivity index (χ0v) is 12.7. The van der Waals surface area contributed by atoms with Gasteiger partial charge in [0.05, 0.1) is 0 Å². The van der Waals surface area contributed by atoms with Gasteiger partial charge < -0.3 is 5.32 Å². The van der Waals surface area contributed by atoms with Crippen molar-refractivity contribution in [3.63, 3.8) is 0 Å². The Bertz CT molecular complexity index is 306. The van der Waals surface area contributed by atoms with Crippen molar-refractivity contribution in [2.24, 2.45) is 21.7 Å². The Balaban J connectivity index is 1.90. The molecule has 2 aliphatic rings. The maximum Gasteiger partial charge on any atom is 0.156 e. The largest absolute Gasteiger partial charge is 0.362 e. The lowest BCUT2D eigenvalue weighted by Gasteiger charge is -2.24. The maximum atomic E-state index is 4.80. The number of nitrogens with zero attached hydrogens (tertiary/aromatic N) is 1. The van der Waals surface area contributed by atoms with Crippen LogP contribution in [0.1, 0.15) is 47.5 Å². The van der Waals surface area contributed by atoms with Crippen molar-refractivity contribution in [1.82, 2.24) is 5.32 Å². The van der Waals surface area contributed by atoms with E-state index in [1.807, 2.05) is 11.8 Å². The third-order valence-corrected chi connectivity index (χ3v) is 6.22. The first-order valence-electron chi connectivity index (χ1n) is 6.83. The van der Waals surface area contributed by atoms with E-state index in [1.165, 1.54) is 23.8 Å². The molecule has 1 unspecified atom stereocenters. The molecule has 2 rings (SSSR count). The molecule has 2 nitrogen and oxygen atoms in total. The fourth-order valence-corrected chi connectivity index (χ4v) is 3.96. The van der Waals surface area contributed by atoms with Crippen LogP contribution in [0, 0.1) is 16.7 Å². The van der Waals surface area contributed by atoms with E-state index in [-0.39, 0.29) is 0 Å². The molecule has 0 spiro atoms. The summed E-state index contributed by atoms with van der Waals surface area (Å²) >= 11 is 1.89. The monoisotopic (exact) mass is 254 g/mol. The van der Waals surface area contributed by atoms with E-state index in [4.69, 9.17) is 4.99 Å². The van der Waals surface area contributed by atoms with Crippen molar-refractivity contribution in [3.8, 4) is 0 Å². The second kappa shape index (κ2) is 4.49. The van der Waals surface area contributed by atoms with Crippen molar-refractivity contribution in [2.75, 3.05) is 12.3 Å². The van der Waals surface area contributed by atoms with E-state index in [9.17, 15) is 0 Å². The average molecular weight is 254 g/mol. The van der Waals surface area contributed by atoms with Crippen molar-refractivity contribution in [3.05, 3.63) is 0 Å². The molecule has 0 amide bonds. The minimum Gasteiger partial charge on any atom is -0.362 e. The van der Waals surface area contributed by atoms with Gasteiger partial charge in [0, 0.05) is 18.3 Å². The van der Waals surface area contributed by atoms with Crippen LogP contribution in [-0.4, -0.2) is 23.5 Å². The fourth-order valence-electron chi connectivity index (χ4n) is 2.95. The van der Waals surface area contributed by atoms with E-state index in [0.717, 1.165) is 12.5 Å². The topological polar surface area (TPSA) is 24.4 Å². The predicted octanol–water partition coefficient (Wildman–Crippen LogP) is 3.53. The normalized spacial score (nSPS) is 33.5. The molecule has 0 aromatic heterocycles. The summed E-state index contributed by atoms with van der Waals surface area (Å²) in [5, 5.41) is 4.74. The summed E-state index contributed by atoms with van der Waals surface area (Å²) in [6.07, 6.45) is 2.49. The summed E-state index contributed by atoms with van der Waals surface area (Å²) in [6, 6.07) is 0.648. The molecule has 0 bridgehead atoms. The molecule has 1 aliphatic heterocycles. The highest BCUT2D eigenvalue weighted by Gasteiger charge is 2.64. The van der Waals surface area contributed by atoms with Crippen LogP contribution in [0.3, 0.4) is 0 Å². The number of hydrogen-bond donors (Lipinski definition) is 1. The van der Waals surface area contributed by atoms with Crippen molar-refractivity contribution >= 4 is 16.9 Å². The second-order valence-electron chi connectivity index (χ2n) is 6.53. The van der Waals surface area contributed by atoms with Gasteiger partial charge in [0.2, 0.25) is 0 Å². The molecule has 0 aromatic rings. The first-order chi connectivity index (χ1) is 7.89. The Morgan fingerprint density at radius 3 is 2.47 bits per heavy atom. The Hall–Kier alpha value is -0.180. The second-order valence-corrected chi connectivity index (χ2v) is 7.61. The Morgan fingerprint density at radius 2 is 1.94 bits per heavy atom. The van der Waals surface area contributed by atoms with Crippen molar-refractivity contribution < 1.29 is 0 Å². The molecule has 0 aromatic carbocycles. The molecular formula is C14H26N2S. The lowest BCUT2D eigenvalue weighted by molar-refractivity contribution is 0.457. The highest BCUT2D eigenvalue weighted by Crippen LogP contribution is 2.68. The van der Waals surface area contributed by atoms with E-state index >= 15 is 0 Å². The number of aliphatic imine (C=N–C) groups is 1. The third-order valence-electron chi connectivity index (χ3n) is 5.26. The summed E-state index contributed by atoms with van der Waals surface area (Å²) in [7, 11) is 0. The molecule has 98 valence electrons. The molecular weight excluding hydrogens is 228 g/mol. The molecule has 0 radical (unpaired) electrons. The van der Waals surface area contributed by atoms with Gasteiger partial charge in [0.1, 0.15) is 0 Å². The van der Waals surface area contributed by atoms with E-state index in [0.29, 0.717) is 16.9 Å². The van der Waals surface area contributed by atoms with Gasteiger partial charge in [-0.3, -0.25) is 4.99 Å². The van der Waals surface area contributed by atoms with E-state index in [1.54, 1.807) is 0 Å². The molecule has 1 saturated heterocycles. The summed E-state index contributed by atoms with van der Waals surface area (Å²) in [5.74, 6) is 1.97. The molecule has 2 fully saturated rings. The standard InChI is InChI=1S/C14H26N2S/c1-6-10-7-8-17-12(16-10)15-9-11-13(2,3)14(11,4)5/h10-11H,6-9H2,1-5H3,(H,15,16). The van der Waals surface area contributed by atoms with E-state index < -0.39 is 0 Å². The van der Waals surface area contributed by atoms with Gasteiger partial charge in [-0.05, 0) is 29.6 Å². The van der Waals surface area contributed by atoms with E-state index in [2.05, 4.69) is 39.9 Å². The minimum absolute atomic E-state index is 0.459. The fraction of sp³-hybridized carbons (Fsp3) is 0.929. The zero-order valence-electron chi connectivity index (χ0n) is 11.8. The predicted molar refractivity (Wildman–Crippen MR) is 77.6 cm³/mol. The number of thioether (sulfide) groups is 1. The Morgan fingerprint density at radius 1 is 1.29 bits per heavy atom. The van der Waals surface area contributed by atoms with Gasteiger partial charge in [-0.15, -0.1) is 0 Å². The van der Waals surface area contributed by atoms with Crippen LogP contribution in [-0.2, 0) is 0 Å². The van der Waals surface area contributed by atoms with Gasteiger partial charge in [0.25, 0.3) is 0 Å². The highest BCUT2D eigenvalue weighted by molar-refractivity contribution is 8.13.